The Kier molecular flexibility index (Phi) is 3.29. The zero-order valence-corrected chi connectivity index (χ0v) is 7.55. The van der Waals surface area contributed by atoms with Gasteiger partial charge in [-0.1, -0.05) is 6.08 Å². The Morgan fingerprint density at radius 3 is 3.25 bits per heavy atom. The molecule has 1 unspecified atom stereocenters. The summed E-state index contributed by atoms with van der Waals surface area (Å²) in [4.78, 5) is 13.2. The highest BCUT2D eigenvalue weighted by Gasteiger charge is 2.20. The summed E-state index contributed by atoms with van der Waals surface area (Å²) < 4.78 is 0. The van der Waals surface area contributed by atoms with E-state index < -0.39 is 0 Å². The van der Waals surface area contributed by atoms with Gasteiger partial charge in [0.15, 0.2) is 0 Å². The van der Waals surface area contributed by atoms with E-state index >= 15 is 0 Å². The Hall–Kier alpha value is -0.830. The smallest absolute Gasteiger partial charge is 0.236 e. The molecule has 0 aliphatic carbocycles. The van der Waals surface area contributed by atoms with Gasteiger partial charge in [0.2, 0.25) is 5.91 Å². The summed E-state index contributed by atoms with van der Waals surface area (Å²) >= 11 is 0. The molecular weight excluding hydrogens is 152 g/mol. The maximum Gasteiger partial charge on any atom is 0.236 e. The number of rotatable bonds is 3. The number of hydrogen-bond acceptors (Lipinski definition) is 2. The quantitative estimate of drug-likeness (QED) is 0.618. The van der Waals surface area contributed by atoms with Crippen molar-refractivity contribution in [1.82, 2.24) is 10.2 Å². The van der Waals surface area contributed by atoms with E-state index in [1.54, 1.807) is 0 Å². The third kappa shape index (κ3) is 2.34. The van der Waals surface area contributed by atoms with Crippen LogP contribution >= 0.6 is 0 Å². The van der Waals surface area contributed by atoms with Crippen molar-refractivity contribution < 1.29 is 4.79 Å². The van der Waals surface area contributed by atoms with Crippen molar-refractivity contribution in [3.8, 4) is 0 Å². The minimum atomic E-state index is 0.204. The van der Waals surface area contributed by atoms with Gasteiger partial charge in [-0.05, 0) is 13.3 Å². The zero-order chi connectivity index (χ0) is 8.97. The van der Waals surface area contributed by atoms with Crippen LogP contribution in [0.15, 0.2) is 12.7 Å². The van der Waals surface area contributed by atoms with Gasteiger partial charge in [-0.15, -0.1) is 6.58 Å². The molecule has 12 heavy (non-hydrogen) atoms. The Bertz CT molecular complexity index is 179. The maximum absolute atomic E-state index is 11.3. The third-order valence-corrected chi connectivity index (χ3v) is 2.05. The van der Waals surface area contributed by atoms with Crippen LogP contribution in [0.4, 0.5) is 0 Å². The number of carbonyl (C=O) groups excluding carboxylic acids is 1. The minimum absolute atomic E-state index is 0.204. The third-order valence-electron chi connectivity index (χ3n) is 2.05. The van der Waals surface area contributed by atoms with Gasteiger partial charge in [0.05, 0.1) is 6.54 Å². The molecule has 0 aromatic carbocycles. The highest BCUT2D eigenvalue weighted by atomic mass is 16.2. The Balaban J connectivity index is 2.38. The van der Waals surface area contributed by atoms with Gasteiger partial charge in [0.1, 0.15) is 0 Å². The van der Waals surface area contributed by atoms with Crippen molar-refractivity contribution in [3.05, 3.63) is 12.7 Å². The molecule has 68 valence electrons. The fourth-order valence-corrected chi connectivity index (χ4v) is 1.33. The average Bonchev–Trinajstić information content (AvgIpc) is 2.07. The summed E-state index contributed by atoms with van der Waals surface area (Å²) in [6.07, 6.45) is 2.73. The monoisotopic (exact) mass is 168 g/mol. The molecule has 1 heterocycles. The van der Waals surface area contributed by atoms with Crippen molar-refractivity contribution in [2.45, 2.75) is 19.4 Å². The molecule has 0 aromatic rings. The molecule has 1 fully saturated rings. The lowest BCUT2D eigenvalue weighted by Gasteiger charge is -2.31. The second-order valence-electron chi connectivity index (χ2n) is 3.20. The van der Waals surface area contributed by atoms with Crippen LogP contribution in [-0.4, -0.2) is 36.5 Å². The maximum atomic E-state index is 11.3. The van der Waals surface area contributed by atoms with Gasteiger partial charge >= 0.3 is 0 Å². The summed E-state index contributed by atoms with van der Waals surface area (Å²) in [5, 5.41) is 3.12. The first-order chi connectivity index (χ1) is 5.74. The molecule has 1 N–H and O–H groups in total. The molecule has 1 saturated heterocycles. The van der Waals surface area contributed by atoms with E-state index in [0.717, 1.165) is 19.5 Å². The van der Waals surface area contributed by atoms with E-state index in [2.05, 4.69) is 18.8 Å². The second kappa shape index (κ2) is 4.26. The van der Waals surface area contributed by atoms with Crippen molar-refractivity contribution in [3.63, 3.8) is 0 Å². The lowest BCUT2D eigenvalue weighted by molar-refractivity contribution is -0.132. The number of nitrogens with one attached hydrogen (secondary N) is 1. The molecule has 1 aliphatic rings. The van der Waals surface area contributed by atoms with Gasteiger partial charge in [0.25, 0.3) is 0 Å². The fourth-order valence-electron chi connectivity index (χ4n) is 1.33. The summed E-state index contributed by atoms with van der Waals surface area (Å²) in [5.41, 5.74) is 0. The van der Waals surface area contributed by atoms with Crippen LogP contribution in [0.3, 0.4) is 0 Å². The summed E-state index contributed by atoms with van der Waals surface area (Å²) in [6.45, 7) is 7.85. The number of amides is 1. The molecule has 1 atom stereocenters. The topological polar surface area (TPSA) is 32.3 Å². The lowest BCUT2D eigenvalue weighted by Crippen LogP contribution is -2.52. The van der Waals surface area contributed by atoms with Crippen LogP contribution < -0.4 is 5.32 Å². The van der Waals surface area contributed by atoms with E-state index in [1.807, 2.05) is 11.0 Å². The molecule has 0 saturated carbocycles. The SMILES string of the molecule is C=CCCN1CC(C)NCC1=O. The van der Waals surface area contributed by atoms with Crippen LogP contribution in [0, 0.1) is 0 Å². The Labute approximate surface area is 73.4 Å². The van der Waals surface area contributed by atoms with Crippen LogP contribution in [0.1, 0.15) is 13.3 Å². The summed E-state index contributed by atoms with van der Waals surface area (Å²) in [7, 11) is 0. The lowest BCUT2D eigenvalue weighted by atomic mass is 10.2. The molecule has 3 heteroatoms. The number of carbonyl (C=O) groups is 1. The summed E-state index contributed by atoms with van der Waals surface area (Å²) in [5.74, 6) is 0.204. The standard InChI is InChI=1S/C9H16N2O/c1-3-4-5-11-7-8(2)10-6-9(11)12/h3,8,10H,1,4-7H2,2H3. The van der Waals surface area contributed by atoms with E-state index in [-0.39, 0.29) is 5.91 Å². The highest BCUT2D eigenvalue weighted by Crippen LogP contribution is 2.00. The van der Waals surface area contributed by atoms with Crippen molar-refractivity contribution >= 4 is 5.91 Å². The Morgan fingerprint density at radius 1 is 1.83 bits per heavy atom. The van der Waals surface area contributed by atoms with Gasteiger partial charge in [0, 0.05) is 19.1 Å². The average molecular weight is 168 g/mol. The van der Waals surface area contributed by atoms with E-state index in [9.17, 15) is 4.79 Å². The van der Waals surface area contributed by atoms with Crippen molar-refractivity contribution in [2.24, 2.45) is 0 Å². The molecule has 0 radical (unpaired) electrons. The van der Waals surface area contributed by atoms with Gasteiger partial charge < -0.3 is 10.2 Å². The molecule has 1 aliphatic heterocycles. The van der Waals surface area contributed by atoms with E-state index in [4.69, 9.17) is 0 Å². The molecule has 0 bridgehead atoms. The van der Waals surface area contributed by atoms with Crippen LogP contribution in [0.5, 0.6) is 0 Å². The fraction of sp³-hybridized carbons (Fsp3) is 0.667. The van der Waals surface area contributed by atoms with Crippen molar-refractivity contribution in [2.75, 3.05) is 19.6 Å². The largest absolute Gasteiger partial charge is 0.340 e. The van der Waals surface area contributed by atoms with Gasteiger partial charge in [-0.2, -0.15) is 0 Å². The molecule has 0 spiro atoms. The van der Waals surface area contributed by atoms with Crippen molar-refractivity contribution in [1.29, 1.82) is 0 Å². The second-order valence-corrected chi connectivity index (χ2v) is 3.20. The van der Waals surface area contributed by atoms with E-state index in [1.165, 1.54) is 0 Å². The first-order valence-electron chi connectivity index (χ1n) is 4.36. The van der Waals surface area contributed by atoms with Crippen LogP contribution in [-0.2, 0) is 4.79 Å². The molecular formula is C9H16N2O. The Morgan fingerprint density at radius 2 is 2.58 bits per heavy atom. The zero-order valence-electron chi connectivity index (χ0n) is 7.55. The number of piperazine rings is 1. The van der Waals surface area contributed by atoms with Gasteiger partial charge in [-0.3, -0.25) is 4.79 Å². The first-order valence-corrected chi connectivity index (χ1v) is 4.36. The van der Waals surface area contributed by atoms with Crippen LogP contribution in [0.25, 0.3) is 0 Å². The molecule has 3 nitrogen and oxygen atoms in total. The number of nitrogens with zero attached hydrogens (tertiary/aromatic N) is 1. The predicted octanol–water partition coefficient (Wildman–Crippen LogP) is 0.383. The predicted molar refractivity (Wildman–Crippen MR) is 48.9 cm³/mol. The van der Waals surface area contributed by atoms with Crippen LogP contribution in [0.2, 0.25) is 0 Å². The highest BCUT2D eigenvalue weighted by molar-refractivity contribution is 5.79. The minimum Gasteiger partial charge on any atom is -0.340 e. The normalized spacial score (nSPS) is 24.2. The number of hydrogen-bond donors (Lipinski definition) is 1. The van der Waals surface area contributed by atoms with E-state index in [0.29, 0.717) is 12.6 Å². The first kappa shape index (κ1) is 9.26. The molecule has 1 amide bonds. The summed E-state index contributed by atoms with van der Waals surface area (Å²) in [6, 6.07) is 0.424. The molecule has 1 rings (SSSR count). The van der Waals surface area contributed by atoms with Gasteiger partial charge in [-0.25, -0.2) is 0 Å². The molecule has 0 aromatic heterocycles.